The van der Waals surface area contributed by atoms with Crippen molar-refractivity contribution in [2.75, 3.05) is 7.11 Å². The SMILES string of the molecule is COc1cc(OCc2ccccn2)ccc1C=CC(=O)CC(=O)C=Cc1cc([N+](=O)[O-])c2cc[nH]c2c1. The molecule has 0 aliphatic heterocycles. The van der Waals surface area contributed by atoms with Gasteiger partial charge < -0.3 is 14.5 Å². The number of nitro groups is 1. The van der Waals surface area contributed by atoms with Crippen LogP contribution in [0.25, 0.3) is 23.1 Å². The largest absolute Gasteiger partial charge is 0.496 e. The lowest BCUT2D eigenvalue weighted by molar-refractivity contribution is -0.383. The Morgan fingerprint density at radius 3 is 2.59 bits per heavy atom. The topological polar surface area (TPSA) is 124 Å². The van der Waals surface area contributed by atoms with Gasteiger partial charge in [-0.15, -0.1) is 0 Å². The summed E-state index contributed by atoms with van der Waals surface area (Å²) in [5, 5.41) is 11.8. The summed E-state index contributed by atoms with van der Waals surface area (Å²) in [6, 6.07) is 15.5. The van der Waals surface area contributed by atoms with Gasteiger partial charge in [-0.2, -0.15) is 0 Å². The van der Waals surface area contributed by atoms with Crippen LogP contribution in [0.4, 0.5) is 5.69 Å². The standard InChI is InChI=1S/C28H23N3O6/c1-36-28-17-24(37-18-21-4-2-3-12-29-21)10-7-20(28)6-9-23(33)16-22(32)8-5-19-14-26-25(11-13-30-26)27(15-19)31(34)35/h2-15,17,30H,16,18H2,1H3. The molecule has 37 heavy (non-hydrogen) atoms. The number of non-ortho nitro benzene ring substituents is 1. The normalized spacial score (nSPS) is 11.3. The molecular formula is C28H23N3O6. The Morgan fingerprint density at radius 1 is 1.05 bits per heavy atom. The van der Waals surface area contributed by atoms with Crippen LogP contribution in [0.3, 0.4) is 0 Å². The second-order valence-electron chi connectivity index (χ2n) is 8.03. The Kier molecular flexibility index (Phi) is 7.85. The van der Waals surface area contributed by atoms with Gasteiger partial charge in [0, 0.05) is 30.1 Å². The maximum Gasteiger partial charge on any atom is 0.279 e. The van der Waals surface area contributed by atoms with E-state index in [9.17, 15) is 19.7 Å². The summed E-state index contributed by atoms with van der Waals surface area (Å²) in [5.41, 5.74) is 2.44. The number of carbonyl (C=O) groups is 2. The molecule has 4 aromatic rings. The van der Waals surface area contributed by atoms with E-state index in [1.807, 2.05) is 18.2 Å². The van der Waals surface area contributed by atoms with Crippen molar-refractivity contribution in [3.05, 3.63) is 106 Å². The van der Waals surface area contributed by atoms with Crippen molar-refractivity contribution in [2.45, 2.75) is 13.0 Å². The van der Waals surface area contributed by atoms with Gasteiger partial charge in [0.2, 0.25) is 0 Å². The highest BCUT2D eigenvalue weighted by Gasteiger charge is 2.14. The van der Waals surface area contributed by atoms with Crippen LogP contribution in [0.5, 0.6) is 11.5 Å². The first-order valence-electron chi connectivity index (χ1n) is 11.3. The fraction of sp³-hybridized carbons (Fsp3) is 0.107. The Bertz CT molecular complexity index is 1510. The summed E-state index contributed by atoms with van der Waals surface area (Å²) in [4.78, 5) is 42.6. The predicted molar refractivity (Wildman–Crippen MR) is 139 cm³/mol. The molecule has 0 spiro atoms. The van der Waals surface area contributed by atoms with Crippen molar-refractivity contribution in [3.8, 4) is 11.5 Å². The van der Waals surface area contributed by atoms with Crippen LogP contribution in [-0.4, -0.2) is 33.6 Å². The number of aromatic amines is 1. The summed E-state index contributed by atoms with van der Waals surface area (Å²) in [6.45, 7) is 0.305. The lowest BCUT2D eigenvalue weighted by atomic mass is 10.1. The van der Waals surface area contributed by atoms with Crippen molar-refractivity contribution in [3.63, 3.8) is 0 Å². The van der Waals surface area contributed by atoms with Gasteiger partial charge >= 0.3 is 0 Å². The molecule has 186 valence electrons. The minimum Gasteiger partial charge on any atom is -0.496 e. The molecule has 0 atom stereocenters. The van der Waals surface area contributed by atoms with Gasteiger partial charge in [-0.25, -0.2) is 0 Å². The lowest BCUT2D eigenvalue weighted by Gasteiger charge is -2.09. The van der Waals surface area contributed by atoms with E-state index >= 15 is 0 Å². The number of rotatable bonds is 11. The van der Waals surface area contributed by atoms with Gasteiger partial charge in [-0.3, -0.25) is 24.7 Å². The number of H-pyrrole nitrogens is 1. The molecule has 9 nitrogen and oxygen atoms in total. The van der Waals surface area contributed by atoms with Crippen molar-refractivity contribution in [1.29, 1.82) is 0 Å². The zero-order valence-corrected chi connectivity index (χ0v) is 19.9. The van der Waals surface area contributed by atoms with E-state index in [1.165, 1.54) is 31.4 Å². The number of nitrogens with one attached hydrogen (secondary N) is 1. The second-order valence-corrected chi connectivity index (χ2v) is 8.03. The van der Waals surface area contributed by atoms with Crippen molar-refractivity contribution < 1.29 is 24.0 Å². The van der Waals surface area contributed by atoms with E-state index in [2.05, 4.69) is 9.97 Å². The number of ketones is 2. The highest BCUT2D eigenvalue weighted by atomic mass is 16.6. The number of carbonyl (C=O) groups excluding carboxylic acids is 2. The second kappa shape index (κ2) is 11.6. The molecule has 0 amide bonds. The summed E-state index contributed by atoms with van der Waals surface area (Å²) >= 11 is 0. The first kappa shape index (κ1) is 25.1. The minimum absolute atomic E-state index is 0.0630. The van der Waals surface area contributed by atoms with E-state index < -0.39 is 16.5 Å². The van der Waals surface area contributed by atoms with E-state index in [0.29, 0.717) is 40.1 Å². The number of methoxy groups -OCH3 is 1. The highest BCUT2D eigenvalue weighted by molar-refractivity contribution is 6.11. The summed E-state index contributed by atoms with van der Waals surface area (Å²) in [6.07, 6.45) is 8.55. The third kappa shape index (κ3) is 6.55. The molecule has 2 aromatic heterocycles. The fourth-order valence-electron chi connectivity index (χ4n) is 3.64. The Labute approximate surface area is 212 Å². The maximum atomic E-state index is 12.3. The molecular weight excluding hydrogens is 474 g/mol. The van der Waals surface area contributed by atoms with Crippen LogP contribution in [0.15, 0.2) is 79.1 Å². The first-order valence-corrected chi connectivity index (χ1v) is 11.3. The van der Waals surface area contributed by atoms with E-state index in [1.54, 1.807) is 48.8 Å². The third-order valence-electron chi connectivity index (χ3n) is 5.44. The molecule has 2 aromatic carbocycles. The van der Waals surface area contributed by atoms with Crippen LogP contribution >= 0.6 is 0 Å². The zero-order valence-electron chi connectivity index (χ0n) is 19.9. The molecule has 0 fully saturated rings. The Hall–Kier alpha value is -5.05. The van der Waals surface area contributed by atoms with Crippen LogP contribution in [-0.2, 0) is 16.2 Å². The van der Waals surface area contributed by atoms with Gasteiger partial charge in [0.15, 0.2) is 11.6 Å². The van der Waals surface area contributed by atoms with Crippen LogP contribution in [0, 0.1) is 10.1 Å². The van der Waals surface area contributed by atoms with Gasteiger partial charge in [0.05, 0.1) is 35.1 Å². The number of nitrogens with zero attached hydrogens (tertiary/aromatic N) is 2. The lowest BCUT2D eigenvalue weighted by Crippen LogP contribution is -2.02. The van der Waals surface area contributed by atoms with E-state index in [0.717, 1.165) is 5.69 Å². The number of benzene rings is 2. The molecule has 0 saturated carbocycles. The molecule has 0 aliphatic rings. The average molecular weight is 498 g/mol. The molecule has 4 rings (SSSR count). The van der Waals surface area contributed by atoms with E-state index in [-0.39, 0.29) is 12.1 Å². The molecule has 2 heterocycles. The molecule has 0 aliphatic carbocycles. The predicted octanol–water partition coefficient (Wildman–Crippen LogP) is 5.31. The summed E-state index contributed by atoms with van der Waals surface area (Å²) < 4.78 is 11.1. The molecule has 9 heteroatoms. The smallest absolute Gasteiger partial charge is 0.279 e. The van der Waals surface area contributed by atoms with Gasteiger partial charge in [-0.1, -0.05) is 12.1 Å². The molecule has 0 radical (unpaired) electrons. The molecule has 0 unspecified atom stereocenters. The number of ether oxygens (including phenoxy) is 2. The number of aromatic nitrogens is 2. The molecule has 1 N–H and O–H groups in total. The maximum absolute atomic E-state index is 12.3. The van der Waals surface area contributed by atoms with Crippen molar-refractivity contribution >= 4 is 40.3 Å². The molecule has 0 bridgehead atoms. The average Bonchev–Trinajstić information content (AvgIpc) is 3.38. The fourth-order valence-corrected chi connectivity index (χ4v) is 3.64. The monoisotopic (exact) mass is 497 g/mol. The highest BCUT2D eigenvalue weighted by Crippen LogP contribution is 2.28. The Balaban J connectivity index is 1.36. The number of allylic oxidation sites excluding steroid dienone is 2. The Morgan fingerprint density at radius 2 is 1.86 bits per heavy atom. The zero-order chi connectivity index (χ0) is 26.2. The van der Waals surface area contributed by atoms with Crippen molar-refractivity contribution in [1.82, 2.24) is 9.97 Å². The number of hydrogen-bond donors (Lipinski definition) is 1. The summed E-state index contributed by atoms with van der Waals surface area (Å²) in [7, 11) is 1.51. The number of hydrogen-bond acceptors (Lipinski definition) is 7. The van der Waals surface area contributed by atoms with E-state index in [4.69, 9.17) is 9.47 Å². The third-order valence-corrected chi connectivity index (χ3v) is 5.44. The van der Waals surface area contributed by atoms with Crippen LogP contribution < -0.4 is 9.47 Å². The quantitative estimate of drug-likeness (QED) is 0.129. The first-order chi connectivity index (χ1) is 17.9. The summed E-state index contributed by atoms with van der Waals surface area (Å²) in [5.74, 6) is 0.284. The number of pyridine rings is 1. The van der Waals surface area contributed by atoms with Crippen LogP contribution in [0.2, 0.25) is 0 Å². The number of nitro benzene ring substituents is 1. The van der Waals surface area contributed by atoms with Gasteiger partial charge in [0.25, 0.3) is 5.69 Å². The van der Waals surface area contributed by atoms with Crippen LogP contribution in [0.1, 0.15) is 23.2 Å². The van der Waals surface area contributed by atoms with Gasteiger partial charge in [-0.05, 0) is 60.2 Å². The van der Waals surface area contributed by atoms with Crippen molar-refractivity contribution in [2.24, 2.45) is 0 Å². The van der Waals surface area contributed by atoms with Gasteiger partial charge in [0.1, 0.15) is 18.1 Å². The number of fused-ring (bicyclic) bond motifs is 1. The minimum atomic E-state index is -0.475. The molecule has 0 saturated heterocycles.